The van der Waals surface area contributed by atoms with Crippen LogP contribution < -0.4 is 10.6 Å². The topological polar surface area (TPSA) is 42.5 Å². The minimum Gasteiger partial charge on any atom is -0.412 e. The summed E-state index contributed by atoms with van der Waals surface area (Å²) in [6.45, 7) is 13.2. The number of rotatable bonds is 18. The molecule has 21 heteroatoms. The first-order chi connectivity index (χ1) is 22.2. The Balaban J connectivity index is 3.49. The first-order valence-corrected chi connectivity index (χ1v) is 25.7. The molecule has 0 aromatic carbocycles. The summed E-state index contributed by atoms with van der Waals surface area (Å²) >= 11 is 0. The van der Waals surface area contributed by atoms with Crippen molar-refractivity contribution in [3.05, 3.63) is 0 Å². The summed E-state index contributed by atoms with van der Waals surface area (Å²) < 4.78 is 214. The zero-order valence-electron chi connectivity index (χ0n) is 31.3. The van der Waals surface area contributed by atoms with Crippen LogP contribution >= 0.6 is 0 Å². The minimum absolute atomic E-state index is 0.0349. The van der Waals surface area contributed by atoms with Gasteiger partial charge in [-0.3, -0.25) is 10.6 Å². The van der Waals surface area contributed by atoms with Gasteiger partial charge in [-0.15, -0.1) is 0 Å². The Bertz CT molecular complexity index is 1160. The molecule has 1 saturated heterocycles. The molecule has 1 heterocycles. The molecule has 1 aliphatic heterocycles. The van der Waals surface area contributed by atoms with Crippen LogP contribution in [0.1, 0.15) is 80.6 Å². The monoisotopic (exact) mass is 824 g/mol. The standard InChI is InChI=1S/C30H54F14N2O2Si3/c1-13-25(14-2,49(8,9)19-46-26(36,15-3)28(38,23(6,33)34)30(42,43)44)48-51(12)18-16-17-21(51,4)47-50(10,11)20-45-24(7,35)27(37,22(5,31)32)29(39,40)41/h45-46H,13-20H2,1-12H3. The highest BCUT2D eigenvalue weighted by Crippen LogP contribution is 2.55. The van der Waals surface area contributed by atoms with Crippen LogP contribution in [0.15, 0.2) is 0 Å². The molecule has 1 aliphatic rings. The summed E-state index contributed by atoms with van der Waals surface area (Å²) in [7, 11) is -9.94. The number of nitrogens with one attached hydrogen (secondary N) is 2. The van der Waals surface area contributed by atoms with Gasteiger partial charge in [0.25, 0.3) is 11.8 Å². The van der Waals surface area contributed by atoms with Gasteiger partial charge >= 0.3 is 23.7 Å². The van der Waals surface area contributed by atoms with E-state index in [0.29, 0.717) is 18.9 Å². The van der Waals surface area contributed by atoms with Crippen LogP contribution in [0.25, 0.3) is 0 Å². The molecule has 0 bridgehead atoms. The summed E-state index contributed by atoms with van der Waals surface area (Å²) in [6, 6.07) is 0.428. The summed E-state index contributed by atoms with van der Waals surface area (Å²) in [4.78, 5) is 0. The lowest BCUT2D eigenvalue weighted by Gasteiger charge is -2.54. The fourth-order valence-corrected chi connectivity index (χ4v) is 19.6. The van der Waals surface area contributed by atoms with Crippen LogP contribution in [0.2, 0.25) is 38.8 Å². The molecule has 6 unspecified atom stereocenters. The Labute approximate surface area is 294 Å². The zero-order chi connectivity index (χ0) is 41.0. The third-order valence-electron chi connectivity index (χ3n) is 11.1. The van der Waals surface area contributed by atoms with Crippen molar-refractivity contribution in [1.29, 1.82) is 0 Å². The van der Waals surface area contributed by atoms with Gasteiger partial charge in [-0.05, 0) is 71.4 Å². The normalized spacial score (nSPS) is 26.7. The first kappa shape index (κ1) is 48.5. The van der Waals surface area contributed by atoms with E-state index < -0.39 is 101 Å². The van der Waals surface area contributed by atoms with Gasteiger partial charge in [0.1, 0.15) is 0 Å². The predicted octanol–water partition coefficient (Wildman–Crippen LogP) is 10.6. The number of halogens is 14. The maximum atomic E-state index is 16.0. The van der Waals surface area contributed by atoms with E-state index in [1.165, 1.54) is 13.1 Å². The number of hydrogen-bond donors (Lipinski definition) is 2. The van der Waals surface area contributed by atoms with E-state index in [0.717, 1.165) is 6.92 Å². The van der Waals surface area contributed by atoms with Crippen molar-refractivity contribution in [1.82, 2.24) is 10.6 Å². The average molecular weight is 825 g/mol. The van der Waals surface area contributed by atoms with Crippen molar-refractivity contribution in [2.24, 2.45) is 0 Å². The van der Waals surface area contributed by atoms with Crippen LogP contribution in [0.5, 0.6) is 0 Å². The molecular formula is C30H54F14N2O2Si3. The van der Waals surface area contributed by atoms with Gasteiger partial charge in [0.15, 0.2) is 0 Å². The van der Waals surface area contributed by atoms with Crippen LogP contribution in [0.4, 0.5) is 61.5 Å². The molecule has 0 saturated carbocycles. The summed E-state index contributed by atoms with van der Waals surface area (Å²) in [5, 5.41) is 1.27. The van der Waals surface area contributed by atoms with Gasteiger partial charge in [-0.25, -0.2) is 35.1 Å². The highest BCUT2D eigenvalue weighted by molar-refractivity contribution is 6.83. The van der Waals surface area contributed by atoms with Crippen molar-refractivity contribution in [3.63, 3.8) is 0 Å². The van der Waals surface area contributed by atoms with Gasteiger partial charge in [0, 0.05) is 25.2 Å². The first-order valence-electron chi connectivity index (χ1n) is 16.8. The molecule has 6 atom stereocenters. The Morgan fingerprint density at radius 2 is 1.10 bits per heavy atom. The smallest absolute Gasteiger partial charge is 0.412 e. The molecule has 0 radical (unpaired) electrons. The van der Waals surface area contributed by atoms with Gasteiger partial charge in [-0.2, -0.15) is 26.3 Å². The van der Waals surface area contributed by atoms with Crippen molar-refractivity contribution >= 4 is 24.7 Å². The molecule has 51 heavy (non-hydrogen) atoms. The maximum absolute atomic E-state index is 16.0. The van der Waals surface area contributed by atoms with E-state index in [-0.39, 0.29) is 33.6 Å². The van der Waals surface area contributed by atoms with E-state index >= 15 is 13.2 Å². The molecule has 4 nitrogen and oxygen atoms in total. The molecule has 1 fully saturated rings. The Kier molecular flexibility index (Phi) is 13.8. The Morgan fingerprint density at radius 3 is 1.45 bits per heavy atom. The Hall–Kier alpha value is -0.489. The molecule has 306 valence electrons. The van der Waals surface area contributed by atoms with Gasteiger partial charge < -0.3 is 8.85 Å². The van der Waals surface area contributed by atoms with Gasteiger partial charge in [0.05, 0.1) is 13.3 Å². The largest absolute Gasteiger partial charge is 0.433 e. The molecule has 0 aromatic rings. The van der Waals surface area contributed by atoms with Crippen molar-refractivity contribution < 1.29 is 70.3 Å². The molecule has 1 rings (SSSR count). The third kappa shape index (κ3) is 8.52. The average Bonchev–Trinajstić information content (AvgIpc) is 3.22. The minimum atomic E-state index is -6.30. The van der Waals surface area contributed by atoms with Crippen molar-refractivity contribution in [2.75, 3.05) is 12.3 Å². The van der Waals surface area contributed by atoms with Crippen molar-refractivity contribution in [2.45, 2.75) is 177 Å². The third-order valence-corrected chi connectivity index (χ3v) is 22.6. The molecular weight excluding hydrogens is 771 g/mol. The lowest BCUT2D eigenvalue weighted by molar-refractivity contribution is -0.343. The SMILES string of the molecule is CCC(F)(NC[Si](C)(C)C(CC)(CC)O[Si]1(C)CCCC1(C)O[Si](C)(C)CNC(C)(F)C(F)(C(C)(F)F)C(F)(F)F)C(F)(C(C)(F)F)C(F)(F)F. The highest BCUT2D eigenvalue weighted by Gasteiger charge is 2.80. The van der Waals surface area contributed by atoms with Gasteiger partial charge in [0.2, 0.25) is 28.2 Å². The second kappa shape index (κ2) is 14.5. The maximum Gasteiger partial charge on any atom is 0.433 e. The lowest BCUT2D eigenvalue weighted by Crippen LogP contribution is -2.75. The Morgan fingerprint density at radius 1 is 0.667 bits per heavy atom. The molecule has 0 aromatic heterocycles. The van der Waals surface area contributed by atoms with E-state index in [9.17, 15) is 48.3 Å². The fraction of sp³-hybridized carbons (Fsp3) is 1.00. The predicted molar refractivity (Wildman–Crippen MR) is 175 cm³/mol. The van der Waals surface area contributed by atoms with E-state index in [1.54, 1.807) is 45.7 Å². The van der Waals surface area contributed by atoms with E-state index in [4.69, 9.17) is 8.85 Å². The molecule has 0 aliphatic carbocycles. The second-order valence-electron chi connectivity index (χ2n) is 15.8. The van der Waals surface area contributed by atoms with E-state index in [1.807, 2.05) is 5.32 Å². The van der Waals surface area contributed by atoms with Gasteiger partial charge in [-0.1, -0.05) is 40.3 Å². The van der Waals surface area contributed by atoms with Crippen molar-refractivity contribution in [3.8, 4) is 0 Å². The lowest BCUT2D eigenvalue weighted by atomic mass is 9.85. The highest BCUT2D eigenvalue weighted by atomic mass is 28.4. The van der Waals surface area contributed by atoms with Crippen LogP contribution in [0.3, 0.4) is 0 Å². The van der Waals surface area contributed by atoms with Crippen LogP contribution in [0, 0.1) is 0 Å². The number of hydrogen-bond acceptors (Lipinski definition) is 4. The summed E-state index contributed by atoms with van der Waals surface area (Å²) in [5.41, 5.74) is -11.2. The van der Waals surface area contributed by atoms with Crippen LogP contribution in [-0.2, 0) is 8.85 Å². The molecule has 0 spiro atoms. The fourth-order valence-electron chi connectivity index (χ4n) is 7.44. The zero-order valence-corrected chi connectivity index (χ0v) is 34.3. The molecule has 0 amide bonds. The summed E-state index contributed by atoms with van der Waals surface area (Å²) in [6.07, 6.45) is -14.0. The van der Waals surface area contributed by atoms with E-state index in [2.05, 4.69) is 0 Å². The van der Waals surface area contributed by atoms with Crippen LogP contribution in [-0.4, -0.2) is 94.6 Å². The molecule has 2 N–H and O–H groups in total. The quantitative estimate of drug-likeness (QED) is 0.0821. The number of alkyl halides is 14. The summed E-state index contributed by atoms with van der Waals surface area (Å²) in [5.74, 6) is -18.9. The second-order valence-corrected chi connectivity index (χ2v) is 29.2.